The molecule has 3 rings (SSSR count). The summed E-state index contributed by atoms with van der Waals surface area (Å²) in [5.41, 5.74) is 2.78. The molecule has 1 amide bonds. The average molecular weight is 313 g/mol. The number of rotatable bonds is 4. The van der Waals surface area contributed by atoms with Gasteiger partial charge in [0.25, 0.3) is 5.91 Å². The van der Waals surface area contributed by atoms with Gasteiger partial charge in [-0.05, 0) is 43.7 Å². The Morgan fingerprint density at radius 2 is 2.09 bits per heavy atom. The number of piperidine rings is 1. The normalized spacial score (nSPS) is 15.7. The van der Waals surface area contributed by atoms with Crippen molar-refractivity contribution in [3.05, 3.63) is 47.3 Å². The van der Waals surface area contributed by atoms with Crippen LogP contribution in [0, 0.1) is 12.8 Å². The summed E-state index contributed by atoms with van der Waals surface area (Å²) in [4.78, 5) is 14.4. The molecule has 2 heterocycles. The van der Waals surface area contributed by atoms with E-state index in [9.17, 15) is 4.79 Å². The lowest BCUT2D eigenvalue weighted by Crippen LogP contribution is -2.39. The van der Waals surface area contributed by atoms with Crippen LogP contribution < -0.4 is 4.74 Å². The Bertz CT molecular complexity index is 672. The summed E-state index contributed by atoms with van der Waals surface area (Å²) in [5, 5.41) is 6.77. The number of aromatic nitrogens is 2. The first kappa shape index (κ1) is 15.6. The van der Waals surface area contributed by atoms with Crippen LogP contribution in [0.25, 0.3) is 0 Å². The molecule has 5 heteroatoms. The molecule has 0 saturated carbocycles. The first-order chi connectivity index (χ1) is 11.2. The van der Waals surface area contributed by atoms with Crippen molar-refractivity contribution in [1.82, 2.24) is 15.1 Å². The maximum atomic E-state index is 12.5. The van der Waals surface area contributed by atoms with Gasteiger partial charge in [0.15, 0.2) is 0 Å². The first-order valence-corrected chi connectivity index (χ1v) is 8.10. The molecule has 0 radical (unpaired) electrons. The first-order valence-electron chi connectivity index (χ1n) is 8.10. The number of aromatic amines is 1. The number of aryl methyl sites for hydroxylation is 1. The second-order valence-corrected chi connectivity index (χ2v) is 6.16. The number of amides is 1. The fraction of sp³-hybridized carbons (Fsp3) is 0.444. The van der Waals surface area contributed by atoms with Gasteiger partial charge in [0, 0.05) is 18.8 Å². The Morgan fingerprint density at radius 1 is 1.35 bits per heavy atom. The minimum absolute atomic E-state index is 0.0898. The number of benzene rings is 1. The Hall–Kier alpha value is -2.30. The van der Waals surface area contributed by atoms with Crippen molar-refractivity contribution in [3.8, 4) is 5.75 Å². The van der Waals surface area contributed by atoms with E-state index in [1.807, 2.05) is 24.0 Å². The summed E-state index contributed by atoms with van der Waals surface area (Å²) in [7, 11) is 1.72. The Balaban J connectivity index is 1.58. The van der Waals surface area contributed by atoms with Gasteiger partial charge in [-0.25, -0.2) is 0 Å². The quantitative estimate of drug-likeness (QED) is 0.944. The number of likely N-dealkylation sites (tertiary alicyclic amines) is 1. The number of hydrogen-bond acceptors (Lipinski definition) is 3. The number of H-pyrrole nitrogens is 1. The van der Waals surface area contributed by atoms with Crippen LogP contribution in [0.2, 0.25) is 0 Å². The van der Waals surface area contributed by atoms with E-state index in [0.29, 0.717) is 11.5 Å². The molecule has 0 unspecified atom stereocenters. The second-order valence-electron chi connectivity index (χ2n) is 6.16. The van der Waals surface area contributed by atoms with E-state index in [1.54, 1.807) is 13.3 Å². The van der Waals surface area contributed by atoms with E-state index in [1.165, 1.54) is 5.56 Å². The highest BCUT2D eigenvalue weighted by atomic mass is 16.5. The summed E-state index contributed by atoms with van der Waals surface area (Å²) < 4.78 is 5.43. The van der Waals surface area contributed by atoms with E-state index in [2.05, 4.69) is 22.3 Å². The van der Waals surface area contributed by atoms with Crippen LogP contribution >= 0.6 is 0 Å². The van der Waals surface area contributed by atoms with E-state index in [4.69, 9.17) is 4.74 Å². The SMILES string of the molecule is COc1ccccc1CC1CCN(C(=O)c2cn[nH]c2C)CC1. The van der Waals surface area contributed by atoms with Crippen LogP contribution in [0.4, 0.5) is 0 Å². The summed E-state index contributed by atoms with van der Waals surface area (Å²) in [6.07, 6.45) is 4.69. The van der Waals surface area contributed by atoms with Crippen LogP contribution in [0.1, 0.15) is 34.5 Å². The minimum atomic E-state index is 0.0898. The van der Waals surface area contributed by atoms with Gasteiger partial charge in [0.1, 0.15) is 5.75 Å². The highest BCUT2D eigenvalue weighted by Crippen LogP contribution is 2.27. The third-order valence-corrected chi connectivity index (χ3v) is 4.66. The lowest BCUT2D eigenvalue weighted by Gasteiger charge is -2.32. The molecule has 1 saturated heterocycles. The van der Waals surface area contributed by atoms with Gasteiger partial charge in [-0.2, -0.15) is 5.10 Å². The molecule has 1 N–H and O–H groups in total. The van der Waals surface area contributed by atoms with E-state index < -0.39 is 0 Å². The minimum Gasteiger partial charge on any atom is -0.496 e. The van der Waals surface area contributed by atoms with E-state index >= 15 is 0 Å². The lowest BCUT2D eigenvalue weighted by molar-refractivity contribution is 0.0689. The van der Waals surface area contributed by atoms with E-state index in [-0.39, 0.29) is 5.91 Å². The number of methoxy groups -OCH3 is 1. The van der Waals surface area contributed by atoms with Gasteiger partial charge >= 0.3 is 0 Å². The lowest BCUT2D eigenvalue weighted by atomic mass is 9.89. The summed E-state index contributed by atoms with van der Waals surface area (Å²) >= 11 is 0. The molecule has 0 bridgehead atoms. The molecule has 122 valence electrons. The van der Waals surface area contributed by atoms with Crippen molar-refractivity contribution in [3.63, 3.8) is 0 Å². The van der Waals surface area contributed by atoms with Gasteiger partial charge in [-0.15, -0.1) is 0 Å². The molecule has 1 aliphatic heterocycles. The summed E-state index contributed by atoms with van der Waals surface area (Å²) in [5.74, 6) is 1.65. The van der Waals surface area contributed by atoms with Crippen molar-refractivity contribution >= 4 is 5.91 Å². The predicted octanol–water partition coefficient (Wildman–Crippen LogP) is 2.82. The molecule has 2 aromatic rings. The molecule has 23 heavy (non-hydrogen) atoms. The van der Waals surface area contributed by atoms with Crippen LogP contribution in [-0.2, 0) is 6.42 Å². The zero-order valence-corrected chi connectivity index (χ0v) is 13.7. The molecular weight excluding hydrogens is 290 g/mol. The Labute approximate surface area is 136 Å². The standard InChI is InChI=1S/C18H23N3O2/c1-13-16(12-19-20-13)18(22)21-9-7-14(8-10-21)11-15-5-3-4-6-17(15)23-2/h3-6,12,14H,7-11H2,1-2H3,(H,19,20). The number of carbonyl (C=O) groups is 1. The summed E-state index contributed by atoms with van der Waals surface area (Å²) in [6.45, 7) is 3.50. The van der Waals surface area contributed by atoms with Crippen LogP contribution in [0.15, 0.2) is 30.5 Å². The smallest absolute Gasteiger partial charge is 0.257 e. The maximum absolute atomic E-state index is 12.5. The number of nitrogens with zero attached hydrogens (tertiary/aromatic N) is 2. The van der Waals surface area contributed by atoms with Crippen molar-refractivity contribution in [1.29, 1.82) is 0 Å². The number of nitrogens with one attached hydrogen (secondary N) is 1. The maximum Gasteiger partial charge on any atom is 0.257 e. The van der Waals surface area contributed by atoms with Crippen molar-refractivity contribution < 1.29 is 9.53 Å². The zero-order chi connectivity index (χ0) is 16.2. The fourth-order valence-corrected chi connectivity index (χ4v) is 3.26. The molecule has 1 aromatic heterocycles. The topological polar surface area (TPSA) is 58.2 Å². The highest BCUT2D eigenvalue weighted by Gasteiger charge is 2.25. The monoisotopic (exact) mass is 313 g/mol. The molecule has 0 spiro atoms. The molecule has 0 aliphatic carbocycles. The Morgan fingerprint density at radius 3 is 2.74 bits per heavy atom. The third-order valence-electron chi connectivity index (χ3n) is 4.66. The van der Waals surface area contributed by atoms with Crippen LogP contribution in [0.5, 0.6) is 5.75 Å². The molecular formula is C18H23N3O2. The average Bonchev–Trinajstić information content (AvgIpc) is 3.01. The molecule has 1 aromatic carbocycles. The largest absolute Gasteiger partial charge is 0.496 e. The van der Waals surface area contributed by atoms with Crippen LogP contribution in [-0.4, -0.2) is 41.2 Å². The number of ether oxygens (including phenoxy) is 1. The molecule has 1 aliphatic rings. The van der Waals surface area contributed by atoms with Gasteiger partial charge in [0.2, 0.25) is 0 Å². The predicted molar refractivity (Wildman–Crippen MR) is 88.7 cm³/mol. The van der Waals surface area contributed by atoms with Crippen molar-refractivity contribution in [2.24, 2.45) is 5.92 Å². The van der Waals surface area contributed by atoms with Gasteiger partial charge in [-0.1, -0.05) is 18.2 Å². The highest BCUT2D eigenvalue weighted by molar-refractivity contribution is 5.95. The number of para-hydroxylation sites is 1. The van der Waals surface area contributed by atoms with E-state index in [0.717, 1.165) is 43.8 Å². The third kappa shape index (κ3) is 3.38. The molecule has 1 fully saturated rings. The summed E-state index contributed by atoms with van der Waals surface area (Å²) in [6, 6.07) is 8.19. The van der Waals surface area contributed by atoms with Gasteiger partial charge in [-0.3, -0.25) is 9.89 Å². The molecule has 0 atom stereocenters. The van der Waals surface area contributed by atoms with Gasteiger partial charge in [0.05, 0.1) is 18.9 Å². The zero-order valence-electron chi connectivity index (χ0n) is 13.7. The number of carbonyl (C=O) groups excluding carboxylic acids is 1. The van der Waals surface area contributed by atoms with Crippen molar-refractivity contribution in [2.45, 2.75) is 26.2 Å². The number of hydrogen-bond donors (Lipinski definition) is 1. The molecule has 5 nitrogen and oxygen atoms in total. The fourth-order valence-electron chi connectivity index (χ4n) is 3.26. The van der Waals surface area contributed by atoms with Crippen molar-refractivity contribution in [2.75, 3.05) is 20.2 Å². The van der Waals surface area contributed by atoms with Gasteiger partial charge < -0.3 is 9.64 Å². The van der Waals surface area contributed by atoms with Crippen LogP contribution in [0.3, 0.4) is 0 Å². The second kappa shape index (κ2) is 6.86. The Kier molecular flexibility index (Phi) is 4.65.